The molecule has 24 heavy (non-hydrogen) atoms. The zero-order chi connectivity index (χ0) is 16.9. The number of carbonyl (C=O) groups excluding carboxylic acids is 2. The Morgan fingerprint density at radius 3 is 2.46 bits per heavy atom. The summed E-state index contributed by atoms with van der Waals surface area (Å²) in [5.74, 6) is 0.264. The van der Waals surface area contributed by atoms with E-state index in [1.54, 1.807) is 30.5 Å². The fourth-order valence-electron chi connectivity index (χ4n) is 2.04. The molecule has 0 unspecified atom stereocenters. The predicted octanol–water partition coefficient (Wildman–Crippen LogP) is 2.46. The quantitative estimate of drug-likeness (QED) is 0.669. The minimum absolute atomic E-state index is 0.236. The number of carbonyl (C=O) groups is 2. The van der Waals surface area contributed by atoms with Crippen molar-refractivity contribution < 1.29 is 18.4 Å². The smallest absolute Gasteiger partial charge is 0.287 e. The first-order chi connectivity index (χ1) is 11.6. The van der Waals surface area contributed by atoms with E-state index in [-0.39, 0.29) is 17.6 Å². The van der Waals surface area contributed by atoms with Crippen LogP contribution in [0.25, 0.3) is 10.8 Å². The van der Waals surface area contributed by atoms with Crippen LogP contribution in [-0.4, -0.2) is 29.9 Å². The molecule has 124 valence electrons. The van der Waals surface area contributed by atoms with Crippen LogP contribution in [0.2, 0.25) is 0 Å². The molecule has 0 saturated carbocycles. The SMILES string of the molecule is Cc1sc(-c2ccco2)nc1C(=O)NCCNC(=O)c1ccco1. The molecular weight excluding hydrogens is 330 g/mol. The van der Waals surface area contributed by atoms with E-state index in [1.807, 2.05) is 6.92 Å². The Morgan fingerprint density at radius 1 is 1.08 bits per heavy atom. The van der Waals surface area contributed by atoms with Crippen molar-refractivity contribution in [1.82, 2.24) is 15.6 Å². The van der Waals surface area contributed by atoms with Gasteiger partial charge in [0.1, 0.15) is 5.69 Å². The molecular formula is C16H15N3O4S. The molecule has 3 aromatic heterocycles. The lowest BCUT2D eigenvalue weighted by atomic mass is 10.3. The van der Waals surface area contributed by atoms with Gasteiger partial charge < -0.3 is 19.5 Å². The summed E-state index contributed by atoms with van der Waals surface area (Å²) in [6.45, 7) is 2.41. The standard InChI is InChI=1S/C16H15N3O4S/c1-10-13(19-16(24-10)12-5-3-9-23-12)15(21)18-7-6-17-14(20)11-4-2-8-22-11/h2-5,8-9H,6-7H2,1H3,(H,17,20)(H,18,21). The number of hydrogen-bond acceptors (Lipinski definition) is 6. The number of aromatic nitrogens is 1. The van der Waals surface area contributed by atoms with Crippen molar-refractivity contribution in [3.05, 3.63) is 53.1 Å². The first-order valence-electron chi connectivity index (χ1n) is 7.26. The van der Waals surface area contributed by atoms with Gasteiger partial charge in [-0.25, -0.2) is 4.98 Å². The fraction of sp³-hybridized carbons (Fsp3) is 0.188. The number of amides is 2. The Kier molecular flexibility index (Phi) is 4.76. The molecule has 0 aliphatic heterocycles. The Morgan fingerprint density at radius 2 is 1.79 bits per heavy atom. The van der Waals surface area contributed by atoms with Crippen LogP contribution in [0.4, 0.5) is 0 Å². The summed E-state index contributed by atoms with van der Waals surface area (Å²) in [5, 5.41) is 6.04. The first kappa shape index (κ1) is 16.0. The van der Waals surface area contributed by atoms with Crippen molar-refractivity contribution in [1.29, 1.82) is 0 Å². The molecule has 8 heteroatoms. The maximum absolute atomic E-state index is 12.2. The van der Waals surface area contributed by atoms with E-state index in [2.05, 4.69) is 15.6 Å². The van der Waals surface area contributed by atoms with Gasteiger partial charge in [0.2, 0.25) is 0 Å². The minimum Gasteiger partial charge on any atom is -0.462 e. The molecule has 0 spiro atoms. The maximum atomic E-state index is 12.2. The Bertz CT molecular complexity index is 822. The van der Waals surface area contributed by atoms with Crippen molar-refractivity contribution >= 4 is 23.2 Å². The van der Waals surface area contributed by atoms with E-state index in [0.717, 1.165) is 4.88 Å². The Balaban J connectivity index is 1.51. The van der Waals surface area contributed by atoms with E-state index in [4.69, 9.17) is 8.83 Å². The monoisotopic (exact) mass is 345 g/mol. The molecule has 0 aliphatic rings. The zero-order valence-corrected chi connectivity index (χ0v) is 13.7. The number of aryl methyl sites for hydroxylation is 1. The van der Waals surface area contributed by atoms with Gasteiger partial charge in [0, 0.05) is 18.0 Å². The zero-order valence-electron chi connectivity index (χ0n) is 12.9. The molecule has 3 rings (SSSR count). The molecule has 7 nitrogen and oxygen atoms in total. The van der Waals surface area contributed by atoms with Crippen LogP contribution in [0.3, 0.4) is 0 Å². The third-order valence-electron chi connectivity index (χ3n) is 3.18. The van der Waals surface area contributed by atoms with Crippen LogP contribution in [-0.2, 0) is 0 Å². The largest absolute Gasteiger partial charge is 0.462 e. The molecule has 0 bridgehead atoms. The number of hydrogen-bond donors (Lipinski definition) is 2. The van der Waals surface area contributed by atoms with E-state index in [1.165, 1.54) is 17.6 Å². The highest BCUT2D eigenvalue weighted by Crippen LogP contribution is 2.27. The lowest BCUT2D eigenvalue weighted by Gasteiger charge is -2.05. The lowest BCUT2D eigenvalue weighted by Crippen LogP contribution is -2.34. The number of furan rings is 2. The van der Waals surface area contributed by atoms with E-state index >= 15 is 0 Å². The Hall–Kier alpha value is -2.87. The number of nitrogens with one attached hydrogen (secondary N) is 2. The molecule has 3 heterocycles. The van der Waals surface area contributed by atoms with Gasteiger partial charge in [-0.1, -0.05) is 0 Å². The van der Waals surface area contributed by atoms with Crippen molar-refractivity contribution in [2.24, 2.45) is 0 Å². The van der Waals surface area contributed by atoms with Crippen LogP contribution in [0.15, 0.2) is 45.6 Å². The summed E-state index contributed by atoms with van der Waals surface area (Å²) >= 11 is 1.39. The van der Waals surface area contributed by atoms with Crippen molar-refractivity contribution in [2.45, 2.75) is 6.92 Å². The van der Waals surface area contributed by atoms with Crippen molar-refractivity contribution in [2.75, 3.05) is 13.1 Å². The Labute approximate surface area is 141 Å². The maximum Gasteiger partial charge on any atom is 0.287 e. The van der Waals surface area contributed by atoms with Crippen LogP contribution in [0, 0.1) is 6.92 Å². The normalized spacial score (nSPS) is 10.5. The van der Waals surface area contributed by atoms with Crippen molar-refractivity contribution in [3.63, 3.8) is 0 Å². The average molecular weight is 345 g/mol. The molecule has 3 aromatic rings. The summed E-state index contributed by atoms with van der Waals surface area (Å²) in [5.41, 5.74) is 0.365. The summed E-state index contributed by atoms with van der Waals surface area (Å²) in [6, 6.07) is 6.78. The average Bonchev–Trinajstić information content (AvgIpc) is 3.31. The highest BCUT2D eigenvalue weighted by molar-refractivity contribution is 7.15. The molecule has 2 amide bonds. The van der Waals surface area contributed by atoms with Crippen molar-refractivity contribution in [3.8, 4) is 10.8 Å². The number of nitrogens with zero attached hydrogens (tertiary/aromatic N) is 1. The minimum atomic E-state index is -0.320. The number of thiazole rings is 1. The first-order valence-corrected chi connectivity index (χ1v) is 8.08. The van der Waals surface area contributed by atoms with Gasteiger partial charge >= 0.3 is 0 Å². The van der Waals surface area contributed by atoms with Crippen LogP contribution < -0.4 is 10.6 Å². The summed E-state index contributed by atoms with van der Waals surface area (Å²) < 4.78 is 10.3. The van der Waals surface area contributed by atoms with Gasteiger partial charge in [-0.3, -0.25) is 9.59 Å². The van der Waals surface area contributed by atoms with Gasteiger partial charge in [0.15, 0.2) is 16.5 Å². The second-order valence-electron chi connectivity index (χ2n) is 4.89. The van der Waals surface area contributed by atoms with E-state index in [0.29, 0.717) is 29.6 Å². The van der Waals surface area contributed by atoms with E-state index in [9.17, 15) is 9.59 Å². The van der Waals surface area contributed by atoms with Gasteiger partial charge in [0.05, 0.1) is 12.5 Å². The molecule has 0 aliphatic carbocycles. The topological polar surface area (TPSA) is 97.4 Å². The van der Waals surface area contributed by atoms with Crippen LogP contribution >= 0.6 is 11.3 Å². The van der Waals surface area contributed by atoms with Gasteiger partial charge in [0.25, 0.3) is 11.8 Å². The second kappa shape index (κ2) is 7.14. The van der Waals surface area contributed by atoms with Gasteiger partial charge in [-0.05, 0) is 31.2 Å². The van der Waals surface area contributed by atoms with Crippen LogP contribution in [0.1, 0.15) is 25.9 Å². The summed E-state index contributed by atoms with van der Waals surface area (Å²) in [4.78, 5) is 29.0. The summed E-state index contributed by atoms with van der Waals surface area (Å²) in [6.07, 6.45) is 2.99. The highest BCUT2D eigenvalue weighted by Gasteiger charge is 2.17. The number of rotatable bonds is 6. The van der Waals surface area contributed by atoms with Gasteiger partial charge in [-0.2, -0.15) is 0 Å². The fourth-order valence-corrected chi connectivity index (χ4v) is 2.92. The van der Waals surface area contributed by atoms with E-state index < -0.39 is 0 Å². The lowest BCUT2D eigenvalue weighted by molar-refractivity contribution is 0.0909. The molecule has 0 atom stereocenters. The molecule has 0 radical (unpaired) electrons. The molecule has 0 saturated heterocycles. The third kappa shape index (κ3) is 3.54. The molecule has 0 aromatic carbocycles. The highest BCUT2D eigenvalue weighted by atomic mass is 32.1. The molecule has 0 fully saturated rings. The third-order valence-corrected chi connectivity index (χ3v) is 4.17. The molecule has 2 N–H and O–H groups in total. The van der Waals surface area contributed by atoms with Gasteiger partial charge in [-0.15, -0.1) is 11.3 Å². The summed E-state index contributed by atoms with van der Waals surface area (Å²) in [7, 11) is 0. The van der Waals surface area contributed by atoms with Crippen LogP contribution in [0.5, 0.6) is 0 Å². The predicted molar refractivity (Wildman–Crippen MR) is 87.9 cm³/mol. The second-order valence-corrected chi connectivity index (χ2v) is 6.09.